The molecule has 0 N–H and O–H groups in total. The van der Waals surface area contributed by atoms with Gasteiger partial charge in [0.05, 0.1) is 0 Å². The van der Waals surface area contributed by atoms with Crippen molar-refractivity contribution >= 4 is 12.6 Å². The van der Waals surface area contributed by atoms with Crippen LogP contribution in [0.15, 0.2) is 0 Å². The van der Waals surface area contributed by atoms with Crippen molar-refractivity contribution in [1.29, 1.82) is 0 Å². The molecule has 1 rings (SSSR count). The summed E-state index contributed by atoms with van der Waals surface area (Å²) in [6, 6.07) is 0. The molecule has 1 aliphatic heterocycles. The number of hydrogen-bond acceptors (Lipinski definition) is 1. The number of piperidine rings is 1. The number of hydrogen-bond donors (Lipinski definition) is 1. The molecule has 1 aliphatic rings. The Hall–Kier alpha value is 1.19. The first-order valence-corrected chi connectivity index (χ1v) is 8.12. The van der Waals surface area contributed by atoms with Gasteiger partial charge in [-0.25, -0.2) is 0 Å². The summed E-state index contributed by atoms with van der Waals surface area (Å²) in [6.07, 6.45) is 3.74. The summed E-state index contributed by atoms with van der Waals surface area (Å²) in [4.78, 5) is 0. The minimum absolute atomic E-state index is 0. The van der Waals surface area contributed by atoms with E-state index in [2.05, 4.69) is 45.6 Å². The fraction of sp³-hybridized carbons (Fsp3) is 0.941. The molecule has 0 radical (unpaired) electrons. The van der Waals surface area contributed by atoms with Crippen molar-refractivity contribution in [3.05, 3.63) is 12.7 Å². The molecule has 0 aromatic rings. The van der Waals surface area contributed by atoms with Gasteiger partial charge in [-0.1, -0.05) is 68.2 Å². The molecule has 20 heavy (non-hydrogen) atoms. The Kier molecular flexibility index (Phi) is 22.1. The Morgan fingerprint density at radius 1 is 0.950 bits per heavy atom. The van der Waals surface area contributed by atoms with Crippen LogP contribution in [0.4, 0.5) is 0 Å². The SMILES string of the molecule is CC.CC.CC(C)(S)CC(C)(C)C1CC[N-]CC1.[CH3-].[Zr+2]. The average Bonchev–Trinajstić information content (AvgIpc) is 2.32. The maximum atomic E-state index is 4.64. The van der Waals surface area contributed by atoms with E-state index in [9.17, 15) is 0 Å². The molecule has 0 bridgehead atoms. The molecule has 0 spiro atoms. The predicted molar refractivity (Wildman–Crippen MR) is 96.4 cm³/mol. The molecule has 1 heterocycles. The third-order valence-electron chi connectivity index (χ3n) is 3.26. The van der Waals surface area contributed by atoms with Crippen LogP contribution in [0.25, 0.3) is 5.32 Å². The van der Waals surface area contributed by atoms with Crippen LogP contribution in [0, 0.1) is 18.8 Å². The van der Waals surface area contributed by atoms with Crippen molar-refractivity contribution in [3.8, 4) is 0 Å². The van der Waals surface area contributed by atoms with Gasteiger partial charge in [-0.15, -0.1) is 13.1 Å². The fourth-order valence-corrected chi connectivity index (χ4v) is 3.20. The summed E-state index contributed by atoms with van der Waals surface area (Å²) in [7, 11) is 0. The minimum Gasteiger partial charge on any atom is -0.662 e. The summed E-state index contributed by atoms with van der Waals surface area (Å²) < 4.78 is 0.151. The molecule has 0 unspecified atom stereocenters. The third kappa shape index (κ3) is 14.1. The molecule has 0 saturated carbocycles. The molecule has 0 atom stereocenters. The predicted octanol–water partition coefficient (Wildman–Crippen LogP) is 6.39. The van der Waals surface area contributed by atoms with Gasteiger partial charge < -0.3 is 12.7 Å². The number of rotatable bonds is 3. The smallest absolute Gasteiger partial charge is 0.662 e. The largest absolute Gasteiger partial charge is 2.00 e. The second kappa shape index (κ2) is 15.1. The quantitative estimate of drug-likeness (QED) is 0.430. The summed E-state index contributed by atoms with van der Waals surface area (Å²) in [6.45, 7) is 19.3. The monoisotopic (exact) mass is 379 g/mol. The van der Waals surface area contributed by atoms with Gasteiger partial charge in [0.15, 0.2) is 0 Å². The summed E-state index contributed by atoms with van der Waals surface area (Å²) in [5.41, 5.74) is 0.418. The van der Waals surface area contributed by atoms with E-state index >= 15 is 0 Å². The Morgan fingerprint density at radius 3 is 1.60 bits per heavy atom. The molecule has 1 saturated heterocycles. The van der Waals surface area contributed by atoms with Crippen molar-refractivity contribution in [2.24, 2.45) is 11.3 Å². The maximum absolute atomic E-state index is 4.64. The fourth-order valence-electron chi connectivity index (χ4n) is 2.79. The van der Waals surface area contributed by atoms with Crippen LogP contribution >= 0.6 is 12.6 Å². The Labute approximate surface area is 155 Å². The van der Waals surface area contributed by atoms with E-state index in [4.69, 9.17) is 0 Å². The second-order valence-electron chi connectivity index (χ2n) is 5.92. The van der Waals surface area contributed by atoms with Crippen LogP contribution < -0.4 is 0 Å². The van der Waals surface area contributed by atoms with Gasteiger partial charge in [-0.3, -0.25) is 0 Å². The Bertz CT molecular complexity index is 182. The number of thiol groups is 1. The van der Waals surface area contributed by atoms with Gasteiger partial charge in [-0.2, -0.15) is 12.6 Å². The average molecular weight is 381 g/mol. The van der Waals surface area contributed by atoms with E-state index in [-0.39, 0.29) is 38.4 Å². The first-order chi connectivity index (χ1) is 8.31. The van der Waals surface area contributed by atoms with Crippen molar-refractivity contribution < 1.29 is 26.2 Å². The van der Waals surface area contributed by atoms with Crippen LogP contribution in [0.5, 0.6) is 0 Å². The van der Waals surface area contributed by atoms with Crippen molar-refractivity contribution in [3.63, 3.8) is 0 Å². The van der Waals surface area contributed by atoms with Gasteiger partial charge in [0, 0.05) is 4.75 Å². The van der Waals surface area contributed by atoms with Gasteiger partial charge in [0.2, 0.25) is 0 Å². The summed E-state index contributed by atoms with van der Waals surface area (Å²) >= 11 is 4.64. The Balaban J connectivity index is -0.000000196. The zero-order chi connectivity index (χ0) is 14.8. The molecule has 122 valence electrons. The number of nitrogens with zero attached hydrogens (tertiary/aromatic N) is 1. The zero-order valence-corrected chi connectivity index (χ0v) is 18.9. The van der Waals surface area contributed by atoms with Crippen molar-refractivity contribution in [1.82, 2.24) is 0 Å². The van der Waals surface area contributed by atoms with E-state index in [0.717, 1.165) is 19.0 Å². The van der Waals surface area contributed by atoms with Crippen LogP contribution in [0.2, 0.25) is 0 Å². The normalized spacial score (nSPS) is 15.4. The molecule has 1 nitrogen and oxygen atoms in total. The van der Waals surface area contributed by atoms with E-state index in [1.807, 2.05) is 27.7 Å². The van der Waals surface area contributed by atoms with E-state index in [1.165, 1.54) is 19.3 Å². The van der Waals surface area contributed by atoms with E-state index in [0.29, 0.717) is 5.41 Å². The van der Waals surface area contributed by atoms with Crippen LogP contribution in [0.3, 0.4) is 0 Å². The van der Waals surface area contributed by atoms with Crippen molar-refractivity contribution in [2.45, 2.75) is 79.4 Å². The standard InChI is InChI=1S/C12H24NS.2C2H6.CH3.Zr/c1-11(2,9-12(3,4)14)10-5-7-13-8-6-10;2*1-2;;/h10,14H,5-9H2,1-4H3;2*1-2H3;1H3;/q-1;;;-1;+2. The van der Waals surface area contributed by atoms with Gasteiger partial charge in [0.25, 0.3) is 0 Å². The minimum atomic E-state index is 0. The van der Waals surface area contributed by atoms with E-state index in [1.54, 1.807) is 0 Å². The molecule has 3 heteroatoms. The summed E-state index contributed by atoms with van der Waals surface area (Å²) in [5, 5.41) is 4.42. The third-order valence-corrected chi connectivity index (χ3v) is 3.42. The molecule has 0 aliphatic carbocycles. The van der Waals surface area contributed by atoms with Gasteiger partial charge in [-0.05, 0) is 17.8 Å². The van der Waals surface area contributed by atoms with Crippen molar-refractivity contribution in [2.75, 3.05) is 13.1 Å². The maximum Gasteiger partial charge on any atom is 2.00 e. The van der Waals surface area contributed by atoms with Crippen LogP contribution in [0.1, 0.15) is 74.7 Å². The molecular formula is C17H39NSZr. The first-order valence-electron chi connectivity index (χ1n) is 7.67. The topological polar surface area (TPSA) is 14.1 Å². The molecule has 1 fully saturated rings. The second-order valence-corrected chi connectivity index (χ2v) is 7.13. The molecule has 0 aromatic heterocycles. The van der Waals surface area contributed by atoms with Gasteiger partial charge in [0.1, 0.15) is 0 Å². The first kappa shape index (κ1) is 29.2. The Morgan fingerprint density at radius 2 is 1.30 bits per heavy atom. The molecule has 0 aromatic carbocycles. The summed E-state index contributed by atoms with van der Waals surface area (Å²) in [5.74, 6) is 0.839. The zero-order valence-electron chi connectivity index (χ0n) is 15.5. The van der Waals surface area contributed by atoms with Gasteiger partial charge >= 0.3 is 26.2 Å². The van der Waals surface area contributed by atoms with Crippen LogP contribution in [-0.4, -0.2) is 17.8 Å². The molecule has 0 amide bonds. The van der Waals surface area contributed by atoms with Crippen LogP contribution in [-0.2, 0) is 26.2 Å². The molecular weight excluding hydrogens is 341 g/mol. The van der Waals surface area contributed by atoms with E-state index < -0.39 is 0 Å².